The van der Waals surface area contributed by atoms with Gasteiger partial charge in [-0.25, -0.2) is 0 Å². The number of ether oxygens (including phenoxy) is 1. The van der Waals surface area contributed by atoms with E-state index in [1.54, 1.807) is 6.92 Å². The molecule has 1 saturated heterocycles. The summed E-state index contributed by atoms with van der Waals surface area (Å²) >= 11 is 0. The lowest BCUT2D eigenvalue weighted by Crippen LogP contribution is -2.27. The Morgan fingerprint density at radius 1 is 1.62 bits per heavy atom. The Kier molecular flexibility index (Phi) is 2.94. The smallest absolute Gasteiger partial charge is 0.163 e. The van der Waals surface area contributed by atoms with Crippen LogP contribution in [0.2, 0.25) is 0 Å². The second kappa shape index (κ2) is 3.51. The van der Waals surface area contributed by atoms with Crippen LogP contribution in [-0.2, 0) is 9.53 Å². The molecule has 1 rings (SSSR count). The molecule has 0 aromatic heterocycles. The van der Waals surface area contributed by atoms with E-state index in [-0.39, 0.29) is 25.0 Å². The van der Waals surface area contributed by atoms with Gasteiger partial charge in [-0.15, -0.1) is 0 Å². The van der Waals surface area contributed by atoms with Gasteiger partial charge in [-0.05, 0) is 20.8 Å². The normalized spacial score (nSPS) is 33.1. The Bertz CT molecular complexity index is 221. The van der Waals surface area contributed by atoms with Crippen LogP contribution in [-0.4, -0.2) is 36.1 Å². The first kappa shape index (κ1) is 10.9. The quantitative estimate of drug-likeness (QED) is 0.639. The molecule has 13 heavy (non-hydrogen) atoms. The lowest BCUT2D eigenvalue weighted by Gasteiger charge is -2.16. The first-order chi connectivity index (χ1) is 5.83. The van der Waals surface area contributed by atoms with Gasteiger partial charge in [0.1, 0.15) is 0 Å². The molecule has 0 radical (unpaired) electrons. The van der Waals surface area contributed by atoms with E-state index in [0.717, 1.165) is 6.42 Å². The molecule has 1 fully saturated rings. The van der Waals surface area contributed by atoms with Crippen LogP contribution in [0.5, 0.6) is 0 Å². The van der Waals surface area contributed by atoms with Crippen molar-refractivity contribution < 1.29 is 9.53 Å². The van der Waals surface area contributed by atoms with E-state index in [2.05, 4.69) is 13.0 Å². The highest BCUT2D eigenvalue weighted by atomic mass is 31.1. The Morgan fingerprint density at radius 2 is 2.15 bits per heavy atom. The van der Waals surface area contributed by atoms with Gasteiger partial charge in [-0.3, -0.25) is 4.79 Å². The van der Waals surface area contributed by atoms with Gasteiger partial charge in [-0.2, -0.15) is 0 Å². The van der Waals surface area contributed by atoms with Crippen LogP contribution >= 0.6 is 7.55 Å². The van der Waals surface area contributed by atoms with Crippen molar-refractivity contribution in [1.82, 2.24) is 0 Å². The molecule has 3 atom stereocenters. The van der Waals surface area contributed by atoms with Crippen LogP contribution in [0.25, 0.3) is 0 Å². The number of carbonyl (C=O) groups excluding carboxylic acids is 1. The molecule has 2 nitrogen and oxygen atoms in total. The van der Waals surface area contributed by atoms with Crippen molar-refractivity contribution in [3.63, 3.8) is 0 Å². The Morgan fingerprint density at radius 3 is 2.46 bits per heavy atom. The third-order valence-electron chi connectivity index (χ3n) is 2.46. The van der Waals surface area contributed by atoms with E-state index in [9.17, 15) is 4.79 Å². The maximum absolute atomic E-state index is 11.3. The van der Waals surface area contributed by atoms with Gasteiger partial charge in [0.15, 0.2) is 17.5 Å². The molecular weight excluding hydrogens is 183 g/mol. The predicted octanol–water partition coefficient (Wildman–Crippen LogP) is 2.06. The predicted molar refractivity (Wildman–Crippen MR) is 58.0 cm³/mol. The summed E-state index contributed by atoms with van der Waals surface area (Å²) in [6.07, 6.45) is 4.81. The van der Waals surface area contributed by atoms with Crippen molar-refractivity contribution in [2.24, 2.45) is 0 Å². The molecule has 0 aromatic carbocycles. The summed E-state index contributed by atoms with van der Waals surface area (Å²) in [7, 11) is -0.328. The lowest BCUT2D eigenvalue weighted by atomic mass is 10.0. The monoisotopic (exact) mass is 201 g/mol. The zero-order valence-electron chi connectivity index (χ0n) is 8.83. The van der Waals surface area contributed by atoms with E-state index in [1.807, 2.05) is 13.8 Å². The van der Waals surface area contributed by atoms with E-state index < -0.39 is 0 Å². The lowest BCUT2D eigenvalue weighted by molar-refractivity contribution is -0.130. The highest BCUT2D eigenvalue weighted by Crippen LogP contribution is 2.42. The van der Waals surface area contributed by atoms with Gasteiger partial charge in [0.05, 0.1) is 26.1 Å². The third-order valence-corrected chi connectivity index (χ3v) is 4.05. The minimum absolute atomic E-state index is 0.144. The second-order valence-corrected chi connectivity index (χ2v) is 6.61. The minimum Gasteiger partial charge on any atom is -0.360 e. The molecule has 0 aromatic rings. The number of rotatable bonds is 2. The molecule has 0 saturated carbocycles. The van der Waals surface area contributed by atoms with E-state index in [0.29, 0.717) is 5.66 Å². The molecule has 0 bridgehead atoms. The van der Waals surface area contributed by atoms with Gasteiger partial charge < -0.3 is 4.74 Å². The fraction of sp³-hybridized carbons (Fsp3) is 0.800. The van der Waals surface area contributed by atoms with Gasteiger partial charge in [-0.1, -0.05) is 0 Å². The molecule has 3 unspecified atom stereocenters. The van der Waals surface area contributed by atoms with Gasteiger partial charge in [0.2, 0.25) is 0 Å². The molecule has 0 spiro atoms. The fourth-order valence-electron chi connectivity index (χ4n) is 1.82. The molecule has 0 N–H and O–H groups in total. The van der Waals surface area contributed by atoms with E-state index >= 15 is 0 Å². The maximum Gasteiger partial charge on any atom is 0.163 e. The number of ketones is 1. The number of Topliss-reactive ketones (excluding diaryl/α,β-unsaturated/α-hetero) is 1. The largest absolute Gasteiger partial charge is 0.360 e. The maximum atomic E-state index is 11.3. The van der Waals surface area contributed by atoms with E-state index in [1.165, 1.54) is 0 Å². The molecule has 1 aliphatic rings. The second-order valence-electron chi connectivity index (χ2n) is 4.44. The highest BCUT2D eigenvalue weighted by Gasteiger charge is 2.47. The van der Waals surface area contributed by atoms with Crippen LogP contribution in [0.1, 0.15) is 27.2 Å². The summed E-state index contributed by atoms with van der Waals surface area (Å²) in [4.78, 5) is 11.3. The molecule has 74 valence electrons. The first-order valence-corrected chi connectivity index (χ1v) is 6.59. The van der Waals surface area contributed by atoms with Crippen molar-refractivity contribution in [1.29, 1.82) is 0 Å². The minimum atomic E-state index is -0.328. The number of hydrogen-bond donors (Lipinski definition) is 0. The Balaban J connectivity index is 2.83. The molecule has 0 amide bonds. The summed E-state index contributed by atoms with van der Waals surface area (Å²) in [6.45, 7) is 7.81. The Labute approximate surface area is 81.1 Å². The summed E-state index contributed by atoms with van der Waals surface area (Å²) in [5, 5.41) is 0. The molecule has 1 aliphatic heterocycles. The van der Waals surface area contributed by atoms with Crippen molar-refractivity contribution in [2.45, 2.75) is 44.6 Å². The summed E-state index contributed by atoms with van der Waals surface area (Å²) in [6, 6.07) is 0. The average Bonchev–Trinajstić information content (AvgIpc) is 2.26. The number of carbonyl (C=O) groups is 1. The van der Waals surface area contributed by atoms with Crippen LogP contribution in [0.15, 0.2) is 0 Å². The zero-order valence-corrected chi connectivity index (χ0v) is 9.73. The third kappa shape index (κ3) is 2.38. The van der Waals surface area contributed by atoms with Crippen LogP contribution in [0, 0.1) is 0 Å². The van der Waals surface area contributed by atoms with Gasteiger partial charge in [0.25, 0.3) is 0 Å². The molecule has 3 heteroatoms. The van der Waals surface area contributed by atoms with Crippen molar-refractivity contribution in [3.05, 3.63) is 0 Å². The van der Waals surface area contributed by atoms with E-state index in [4.69, 9.17) is 4.74 Å². The first-order valence-electron chi connectivity index (χ1n) is 4.55. The fourth-order valence-corrected chi connectivity index (χ4v) is 3.31. The molecular formula is C10H18O2P+. The standard InChI is InChI=1S/C10H18O2P/c1-7(11)9-8(13(4)5)6-10(2,3)12-9/h8-9H,4,6H2,1-3,5H3/q+1. The van der Waals surface area contributed by atoms with Crippen LogP contribution in [0.3, 0.4) is 0 Å². The average molecular weight is 201 g/mol. The topological polar surface area (TPSA) is 26.3 Å². The molecule has 0 aliphatic carbocycles. The summed E-state index contributed by atoms with van der Waals surface area (Å²) in [5.41, 5.74) is 0.206. The van der Waals surface area contributed by atoms with Crippen molar-refractivity contribution >= 4 is 19.6 Å². The number of hydrogen-bond acceptors (Lipinski definition) is 2. The van der Waals surface area contributed by atoms with Crippen molar-refractivity contribution in [2.75, 3.05) is 6.66 Å². The van der Waals surface area contributed by atoms with Crippen LogP contribution in [0.4, 0.5) is 0 Å². The van der Waals surface area contributed by atoms with Gasteiger partial charge >= 0.3 is 0 Å². The molecule has 1 heterocycles. The highest BCUT2D eigenvalue weighted by molar-refractivity contribution is 7.55. The Hall–Kier alpha value is -0.200. The summed E-state index contributed by atoms with van der Waals surface area (Å²) < 4.78 is 5.71. The summed E-state index contributed by atoms with van der Waals surface area (Å²) in [5.74, 6) is 0.147. The zero-order chi connectivity index (χ0) is 10.2. The van der Waals surface area contributed by atoms with Gasteiger partial charge in [0, 0.05) is 6.42 Å². The van der Waals surface area contributed by atoms with Crippen molar-refractivity contribution in [3.8, 4) is 0 Å². The SMILES string of the molecule is C=[P+](C)C1CC(C)(C)OC1C(C)=O. The van der Waals surface area contributed by atoms with Crippen LogP contribution < -0.4 is 0 Å².